The third kappa shape index (κ3) is 2.46. The number of nitrogens with one attached hydrogen (secondary N) is 1. The van der Waals surface area contributed by atoms with Crippen LogP contribution in [0.2, 0.25) is 0 Å². The lowest BCUT2D eigenvalue weighted by molar-refractivity contribution is 0.342. The summed E-state index contributed by atoms with van der Waals surface area (Å²) in [6.07, 6.45) is 2.91. The molecule has 0 amide bonds. The van der Waals surface area contributed by atoms with E-state index in [1.165, 1.54) is 0 Å². The second-order valence-corrected chi connectivity index (χ2v) is 5.03. The number of rotatable bonds is 4. The highest BCUT2D eigenvalue weighted by Gasteiger charge is 2.44. The van der Waals surface area contributed by atoms with E-state index in [1.807, 2.05) is 54.6 Å². The van der Waals surface area contributed by atoms with E-state index in [0.29, 0.717) is 0 Å². The molecule has 2 aromatic rings. The van der Waals surface area contributed by atoms with Crippen molar-refractivity contribution in [2.24, 2.45) is 0 Å². The predicted octanol–water partition coefficient (Wildman–Crippen LogP) is 4.69. The van der Waals surface area contributed by atoms with E-state index in [0.717, 1.165) is 36.4 Å². The fraction of sp³-hybridized carbons (Fsp3) is 0.235. The van der Waals surface area contributed by atoms with Crippen LogP contribution in [0, 0.1) is 6.57 Å². The van der Waals surface area contributed by atoms with E-state index in [4.69, 9.17) is 11.3 Å². The Bertz CT molecular complexity index is 627. The maximum absolute atomic E-state index is 7.37. The average Bonchev–Trinajstić information content (AvgIpc) is 2.46. The molecular weight excluding hydrogens is 248 g/mol. The van der Waals surface area contributed by atoms with Crippen LogP contribution in [0.5, 0.6) is 11.5 Å². The zero-order valence-corrected chi connectivity index (χ0v) is 11.2. The molecule has 0 atom stereocenters. The largest absolute Gasteiger partial charge is 0.455 e. The first-order valence-corrected chi connectivity index (χ1v) is 6.80. The number of hydrogen-bond donors (Lipinski definition) is 1. The highest BCUT2D eigenvalue weighted by molar-refractivity contribution is 5.59. The monoisotopic (exact) mass is 264 g/mol. The number of ether oxygens (including phenoxy) is 1. The second kappa shape index (κ2) is 5.26. The van der Waals surface area contributed by atoms with Crippen LogP contribution in [0.1, 0.15) is 19.3 Å². The van der Waals surface area contributed by atoms with Crippen molar-refractivity contribution in [1.82, 2.24) is 0 Å². The van der Waals surface area contributed by atoms with Crippen LogP contribution < -0.4 is 10.1 Å². The standard InChI is InChI=1S/C17H16N2O/c1-18-17(12-7-13-17)19-15-10-5-6-11-16(15)20-14-8-3-2-4-9-14/h2-6,8-11,19H,7,12-13H2. The Hall–Kier alpha value is -2.47. The molecule has 20 heavy (non-hydrogen) atoms. The number of para-hydroxylation sites is 3. The second-order valence-electron chi connectivity index (χ2n) is 5.03. The van der Waals surface area contributed by atoms with Crippen molar-refractivity contribution in [3.05, 3.63) is 66.0 Å². The lowest BCUT2D eigenvalue weighted by Crippen LogP contribution is -2.41. The first-order valence-electron chi connectivity index (χ1n) is 6.80. The summed E-state index contributed by atoms with van der Waals surface area (Å²) in [4.78, 5) is 3.75. The van der Waals surface area contributed by atoms with Gasteiger partial charge in [-0.1, -0.05) is 30.3 Å². The molecule has 0 bridgehead atoms. The molecule has 0 spiro atoms. The third-order valence-electron chi connectivity index (χ3n) is 3.62. The van der Waals surface area contributed by atoms with Gasteiger partial charge in [0.05, 0.1) is 5.69 Å². The number of anilines is 1. The van der Waals surface area contributed by atoms with Gasteiger partial charge in [-0.25, -0.2) is 6.57 Å². The van der Waals surface area contributed by atoms with Crippen LogP contribution in [0.15, 0.2) is 54.6 Å². The van der Waals surface area contributed by atoms with Gasteiger partial charge in [0.2, 0.25) is 0 Å². The smallest absolute Gasteiger partial charge is 0.305 e. The minimum absolute atomic E-state index is 0.434. The van der Waals surface area contributed by atoms with Crippen molar-refractivity contribution in [2.45, 2.75) is 24.9 Å². The molecule has 1 N–H and O–H groups in total. The molecule has 0 radical (unpaired) electrons. The molecule has 1 saturated carbocycles. The molecule has 1 fully saturated rings. The van der Waals surface area contributed by atoms with Gasteiger partial charge in [0.25, 0.3) is 0 Å². The van der Waals surface area contributed by atoms with Crippen molar-refractivity contribution in [2.75, 3.05) is 5.32 Å². The maximum atomic E-state index is 7.37. The van der Waals surface area contributed by atoms with Crippen LogP contribution in [0.25, 0.3) is 4.85 Å². The summed E-state index contributed by atoms with van der Waals surface area (Å²) in [7, 11) is 0. The molecule has 2 aromatic carbocycles. The molecule has 3 nitrogen and oxygen atoms in total. The average molecular weight is 264 g/mol. The van der Waals surface area contributed by atoms with E-state index in [1.54, 1.807) is 0 Å². The minimum atomic E-state index is -0.434. The van der Waals surface area contributed by atoms with Crippen molar-refractivity contribution < 1.29 is 4.74 Å². The van der Waals surface area contributed by atoms with Crippen LogP contribution >= 0.6 is 0 Å². The van der Waals surface area contributed by atoms with E-state index < -0.39 is 5.66 Å². The molecule has 0 unspecified atom stereocenters. The topological polar surface area (TPSA) is 25.6 Å². The Morgan fingerprint density at radius 2 is 1.70 bits per heavy atom. The van der Waals surface area contributed by atoms with Gasteiger partial charge in [-0.15, -0.1) is 0 Å². The van der Waals surface area contributed by atoms with E-state index in [9.17, 15) is 0 Å². The first-order chi connectivity index (χ1) is 9.81. The first kappa shape index (κ1) is 12.6. The Morgan fingerprint density at radius 1 is 1.00 bits per heavy atom. The number of nitrogens with zero attached hydrogens (tertiary/aromatic N) is 1. The molecule has 0 saturated heterocycles. The van der Waals surface area contributed by atoms with Crippen molar-refractivity contribution in [3.8, 4) is 11.5 Å². The number of benzene rings is 2. The molecule has 100 valence electrons. The summed E-state index contributed by atoms with van der Waals surface area (Å²) in [6, 6.07) is 17.5. The summed E-state index contributed by atoms with van der Waals surface area (Å²) in [5, 5.41) is 3.35. The van der Waals surface area contributed by atoms with Crippen LogP contribution in [0.3, 0.4) is 0 Å². The van der Waals surface area contributed by atoms with E-state index in [2.05, 4.69) is 10.2 Å². The summed E-state index contributed by atoms with van der Waals surface area (Å²) in [5.41, 5.74) is 0.447. The third-order valence-corrected chi connectivity index (χ3v) is 3.62. The molecule has 0 aromatic heterocycles. The highest BCUT2D eigenvalue weighted by atomic mass is 16.5. The molecule has 0 aliphatic heterocycles. The zero-order chi connectivity index (χ0) is 13.8. The van der Waals surface area contributed by atoms with Gasteiger partial charge in [0, 0.05) is 12.8 Å². The van der Waals surface area contributed by atoms with E-state index in [-0.39, 0.29) is 0 Å². The SMILES string of the molecule is [C-]#[N+]C1(Nc2ccccc2Oc2ccccc2)CCC1. The number of hydrogen-bond acceptors (Lipinski definition) is 2. The molecule has 1 aliphatic carbocycles. The fourth-order valence-electron chi connectivity index (χ4n) is 2.30. The molecule has 3 rings (SSSR count). The van der Waals surface area contributed by atoms with Crippen molar-refractivity contribution in [1.29, 1.82) is 0 Å². The molecule has 0 heterocycles. The fourth-order valence-corrected chi connectivity index (χ4v) is 2.30. The lowest BCUT2D eigenvalue weighted by Gasteiger charge is -2.31. The van der Waals surface area contributed by atoms with Gasteiger partial charge in [0.15, 0.2) is 5.75 Å². The van der Waals surface area contributed by atoms with Crippen molar-refractivity contribution in [3.63, 3.8) is 0 Å². The maximum Gasteiger partial charge on any atom is 0.305 e. The molecular formula is C17H16N2O. The van der Waals surface area contributed by atoms with Gasteiger partial charge in [-0.2, -0.15) is 0 Å². The summed E-state index contributed by atoms with van der Waals surface area (Å²) < 4.78 is 5.90. The highest BCUT2D eigenvalue weighted by Crippen LogP contribution is 2.39. The Labute approximate surface area is 119 Å². The van der Waals surface area contributed by atoms with Gasteiger partial charge in [0.1, 0.15) is 5.75 Å². The molecule has 1 aliphatic rings. The molecule has 3 heteroatoms. The van der Waals surface area contributed by atoms with Gasteiger partial charge in [-0.05, 0) is 30.7 Å². The van der Waals surface area contributed by atoms with Crippen LogP contribution in [0.4, 0.5) is 5.69 Å². The summed E-state index contributed by atoms with van der Waals surface area (Å²) in [6.45, 7) is 7.37. The van der Waals surface area contributed by atoms with Gasteiger partial charge < -0.3 is 10.1 Å². The summed E-state index contributed by atoms with van der Waals surface area (Å²) in [5.74, 6) is 1.56. The van der Waals surface area contributed by atoms with Crippen molar-refractivity contribution >= 4 is 5.69 Å². The quantitative estimate of drug-likeness (QED) is 0.810. The Kier molecular flexibility index (Phi) is 3.30. The van der Waals surface area contributed by atoms with E-state index >= 15 is 0 Å². The Morgan fingerprint density at radius 3 is 2.35 bits per heavy atom. The minimum Gasteiger partial charge on any atom is -0.455 e. The van der Waals surface area contributed by atoms with Crippen LogP contribution in [-0.4, -0.2) is 5.66 Å². The van der Waals surface area contributed by atoms with Gasteiger partial charge in [-0.3, -0.25) is 4.85 Å². The predicted molar refractivity (Wildman–Crippen MR) is 79.8 cm³/mol. The Balaban J connectivity index is 1.83. The van der Waals surface area contributed by atoms with Crippen LogP contribution in [-0.2, 0) is 0 Å². The normalized spacial score (nSPS) is 15.8. The summed E-state index contributed by atoms with van der Waals surface area (Å²) >= 11 is 0. The lowest BCUT2D eigenvalue weighted by atomic mass is 9.85. The van der Waals surface area contributed by atoms with Gasteiger partial charge >= 0.3 is 5.66 Å². The zero-order valence-electron chi connectivity index (χ0n) is 11.2.